The first-order chi connectivity index (χ1) is 6.74. The van der Waals surface area contributed by atoms with Crippen molar-refractivity contribution in [2.24, 2.45) is 0 Å². The van der Waals surface area contributed by atoms with Crippen molar-refractivity contribution >= 4 is 11.5 Å². The van der Waals surface area contributed by atoms with Crippen molar-refractivity contribution in [2.45, 2.75) is 33.1 Å². The molecule has 0 aromatic carbocycles. The Morgan fingerprint density at radius 1 is 1.36 bits per heavy atom. The van der Waals surface area contributed by atoms with Crippen LogP contribution in [0.25, 0.3) is 0 Å². The highest BCUT2D eigenvalue weighted by Crippen LogP contribution is 2.15. The van der Waals surface area contributed by atoms with Crippen molar-refractivity contribution in [3.63, 3.8) is 0 Å². The van der Waals surface area contributed by atoms with E-state index < -0.39 is 0 Å². The summed E-state index contributed by atoms with van der Waals surface area (Å²) in [7, 11) is 0. The molecule has 1 rings (SSSR count). The lowest BCUT2D eigenvalue weighted by Gasteiger charge is -2.08. The molecule has 0 aliphatic heterocycles. The van der Waals surface area contributed by atoms with Gasteiger partial charge in [0.05, 0.1) is 5.69 Å². The fourth-order valence-electron chi connectivity index (χ4n) is 1.29. The number of nitrogen functional groups attached to an aromatic ring is 1. The zero-order chi connectivity index (χ0) is 10.4. The van der Waals surface area contributed by atoms with Gasteiger partial charge < -0.3 is 11.1 Å². The smallest absolute Gasteiger partial charge is 0.149 e. The third-order valence-corrected chi connectivity index (χ3v) is 2.14. The summed E-state index contributed by atoms with van der Waals surface area (Å²) in [6.45, 7) is 5.12. The summed E-state index contributed by atoms with van der Waals surface area (Å²) in [5, 5.41) is 3.25. The highest BCUT2D eigenvalue weighted by molar-refractivity contribution is 5.61. The minimum atomic E-state index is 0.729. The second-order valence-corrected chi connectivity index (χ2v) is 3.52. The quantitative estimate of drug-likeness (QED) is 0.707. The summed E-state index contributed by atoms with van der Waals surface area (Å²) in [5.74, 6) is 0.820. The summed E-state index contributed by atoms with van der Waals surface area (Å²) in [6, 6.07) is 3.82. The van der Waals surface area contributed by atoms with Crippen LogP contribution in [-0.2, 0) is 0 Å². The molecule has 0 spiro atoms. The largest absolute Gasteiger partial charge is 0.396 e. The van der Waals surface area contributed by atoms with Crippen LogP contribution in [0, 0.1) is 6.92 Å². The zero-order valence-corrected chi connectivity index (χ0v) is 9.01. The Hall–Kier alpha value is -1.25. The molecule has 3 nitrogen and oxygen atoms in total. The highest BCUT2D eigenvalue weighted by Gasteiger charge is 1.99. The Kier molecular flexibility index (Phi) is 4.23. The molecule has 0 fully saturated rings. The van der Waals surface area contributed by atoms with E-state index in [1.54, 1.807) is 0 Å². The minimum Gasteiger partial charge on any atom is -0.396 e. The van der Waals surface area contributed by atoms with Gasteiger partial charge in [-0.15, -0.1) is 0 Å². The first kappa shape index (κ1) is 10.8. The maximum Gasteiger partial charge on any atom is 0.149 e. The number of hydrogen-bond donors (Lipinski definition) is 2. The second kappa shape index (κ2) is 5.47. The van der Waals surface area contributed by atoms with E-state index in [0.29, 0.717) is 0 Å². The van der Waals surface area contributed by atoms with Gasteiger partial charge in [0.1, 0.15) is 5.82 Å². The van der Waals surface area contributed by atoms with Crippen molar-refractivity contribution in [2.75, 3.05) is 17.6 Å². The number of rotatable bonds is 5. The molecule has 0 atom stereocenters. The molecule has 0 radical (unpaired) electrons. The molecule has 3 N–H and O–H groups in total. The zero-order valence-electron chi connectivity index (χ0n) is 9.01. The number of nitrogens with two attached hydrogens (primary N) is 1. The summed E-state index contributed by atoms with van der Waals surface area (Å²) >= 11 is 0. The van der Waals surface area contributed by atoms with Crippen LogP contribution < -0.4 is 11.1 Å². The Balaban J connectivity index is 2.45. The first-order valence-electron chi connectivity index (χ1n) is 5.21. The van der Waals surface area contributed by atoms with E-state index in [2.05, 4.69) is 17.2 Å². The van der Waals surface area contributed by atoms with Crippen LogP contribution in [-0.4, -0.2) is 11.5 Å². The van der Waals surface area contributed by atoms with E-state index in [4.69, 9.17) is 5.73 Å². The molecular weight excluding hydrogens is 174 g/mol. The van der Waals surface area contributed by atoms with Gasteiger partial charge in [-0.3, -0.25) is 0 Å². The van der Waals surface area contributed by atoms with Crippen molar-refractivity contribution in [3.8, 4) is 0 Å². The number of hydrogen-bond acceptors (Lipinski definition) is 3. The number of nitrogens with zero attached hydrogens (tertiary/aromatic N) is 1. The van der Waals surface area contributed by atoms with Crippen molar-refractivity contribution in [1.82, 2.24) is 4.98 Å². The molecule has 1 heterocycles. The van der Waals surface area contributed by atoms with Crippen LogP contribution in [0.2, 0.25) is 0 Å². The minimum absolute atomic E-state index is 0.729. The molecule has 1 aromatic rings. The summed E-state index contributed by atoms with van der Waals surface area (Å²) in [5.41, 5.74) is 7.51. The van der Waals surface area contributed by atoms with E-state index in [0.717, 1.165) is 23.7 Å². The van der Waals surface area contributed by atoms with Crippen LogP contribution in [0.4, 0.5) is 11.5 Å². The average Bonchev–Trinajstić information content (AvgIpc) is 2.18. The number of nitrogens with one attached hydrogen (secondary N) is 1. The molecule has 3 heteroatoms. The van der Waals surface area contributed by atoms with E-state index in [-0.39, 0.29) is 0 Å². The van der Waals surface area contributed by atoms with Crippen LogP contribution in [0.15, 0.2) is 12.1 Å². The van der Waals surface area contributed by atoms with Gasteiger partial charge in [0, 0.05) is 12.2 Å². The van der Waals surface area contributed by atoms with E-state index in [9.17, 15) is 0 Å². The van der Waals surface area contributed by atoms with Gasteiger partial charge in [0.15, 0.2) is 0 Å². The Labute approximate surface area is 85.7 Å². The summed E-state index contributed by atoms with van der Waals surface area (Å²) in [6.07, 6.45) is 3.66. The van der Waals surface area contributed by atoms with Gasteiger partial charge in [-0.05, 0) is 25.5 Å². The molecule has 0 aliphatic rings. The number of aromatic nitrogens is 1. The highest BCUT2D eigenvalue weighted by atomic mass is 15.0. The Morgan fingerprint density at radius 3 is 2.86 bits per heavy atom. The van der Waals surface area contributed by atoms with Crippen LogP contribution >= 0.6 is 0 Å². The maximum absolute atomic E-state index is 5.78. The molecule has 14 heavy (non-hydrogen) atoms. The van der Waals surface area contributed by atoms with Gasteiger partial charge in [0.2, 0.25) is 0 Å². The van der Waals surface area contributed by atoms with Crippen molar-refractivity contribution < 1.29 is 0 Å². The third kappa shape index (κ3) is 3.24. The Bertz CT molecular complexity index is 284. The van der Waals surface area contributed by atoms with E-state index in [1.165, 1.54) is 19.3 Å². The lowest BCUT2D eigenvalue weighted by atomic mass is 10.2. The van der Waals surface area contributed by atoms with Gasteiger partial charge >= 0.3 is 0 Å². The standard InChI is InChI=1S/C11H19N3/c1-3-4-5-8-13-11-10(12)7-6-9(2)14-11/h6-7H,3-5,8,12H2,1-2H3,(H,13,14). The molecule has 0 saturated carbocycles. The van der Waals surface area contributed by atoms with Gasteiger partial charge in [-0.1, -0.05) is 19.8 Å². The molecule has 0 aliphatic carbocycles. The topological polar surface area (TPSA) is 50.9 Å². The third-order valence-electron chi connectivity index (χ3n) is 2.14. The van der Waals surface area contributed by atoms with E-state index in [1.807, 2.05) is 19.1 Å². The summed E-state index contributed by atoms with van der Waals surface area (Å²) in [4.78, 5) is 4.33. The molecule has 0 amide bonds. The molecule has 1 aromatic heterocycles. The van der Waals surface area contributed by atoms with Crippen molar-refractivity contribution in [1.29, 1.82) is 0 Å². The predicted octanol–water partition coefficient (Wildman–Crippen LogP) is 2.57. The van der Waals surface area contributed by atoms with Gasteiger partial charge in [0.25, 0.3) is 0 Å². The van der Waals surface area contributed by atoms with Crippen molar-refractivity contribution in [3.05, 3.63) is 17.8 Å². The molecular formula is C11H19N3. The SMILES string of the molecule is CCCCCNc1nc(C)ccc1N. The number of anilines is 2. The van der Waals surface area contributed by atoms with Crippen LogP contribution in [0.1, 0.15) is 31.9 Å². The fourth-order valence-corrected chi connectivity index (χ4v) is 1.29. The number of unbranched alkanes of at least 4 members (excludes halogenated alkanes) is 2. The molecule has 78 valence electrons. The molecule has 0 saturated heterocycles. The molecule has 0 bridgehead atoms. The van der Waals surface area contributed by atoms with Crippen LogP contribution in [0.5, 0.6) is 0 Å². The van der Waals surface area contributed by atoms with Gasteiger partial charge in [-0.2, -0.15) is 0 Å². The lowest BCUT2D eigenvalue weighted by Crippen LogP contribution is -2.06. The number of aryl methyl sites for hydroxylation is 1. The number of pyridine rings is 1. The second-order valence-electron chi connectivity index (χ2n) is 3.52. The lowest BCUT2D eigenvalue weighted by molar-refractivity contribution is 0.742. The normalized spacial score (nSPS) is 10.1. The van der Waals surface area contributed by atoms with E-state index >= 15 is 0 Å². The monoisotopic (exact) mass is 193 g/mol. The Morgan fingerprint density at radius 2 is 2.14 bits per heavy atom. The van der Waals surface area contributed by atoms with Gasteiger partial charge in [-0.25, -0.2) is 4.98 Å². The van der Waals surface area contributed by atoms with Crippen LogP contribution in [0.3, 0.4) is 0 Å². The summed E-state index contributed by atoms with van der Waals surface area (Å²) < 4.78 is 0. The first-order valence-corrected chi connectivity index (χ1v) is 5.21. The maximum atomic E-state index is 5.78. The molecule has 0 unspecified atom stereocenters. The fraction of sp³-hybridized carbons (Fsp3) is 0.545. The average molecular weight is 193 g/mol. The predicted molar refractivity (Wildman–Crippen MR) is 61.4 cm³/mol.